The summed E-state index contributed by atoms with van der Waals surface area (Å²) < 4.78 is 0. The Morgan fingerprint density at radius 3 is 2.60 bits per heavy atom. The van der Waals surface area contributed by atoms with E-state index in [1.165, 1.54) is 5.56 Å². The van der Waals surface area contributed by atoms with Gasteiger partial charge in [0.2, 0.25) is 0 Å². The van der Waals surface area contributed by atoms with Crippen molar-refractivity contribution in [3.05, 3.63) is 54.2 Å². The zero-order valence-electron chi connectivity index (χ0n) is 12.5. The first kappa shape index (κ1) is 14.5. The first-order chi connectivity index (χ1) is 9.74. The maximum Gasteiger partial charge on any atom is 0.137 e. The van der Waals surface area contributed by atoms with Crippen LogP contribution in [-0.4, -0.2) is 18.6 Å². The van der Waals surface area contributed by atoms with Gasteiger partial charge in [0, 0.05) is 30.5 Å². The molecule has 1 N–H and O–H groups in total. The van der Waals surface area contributed by atoms with Crippen LogP contribution < -0.4 is 10.2 Å². The molecule has 0 radical (unpaired) electrons. The van der Waals surface area contributed by atoms with Crippen molar-refractivity contribution in [1.82, 2.24) is 10.3 Å². The van der Waals surface area contributed by atoms with Gasteiger partial charge in [0.15, 0.2) is 0 Å². The molecule has 2 aromatic rings. The van der Waals surface area contributed by atoms with Crippen molar-refractivity contribution in [3.63, 3.8) is 0 Å². The zero-order valence-corrected chi connectivity index (χ0v) is 12.5. The number of benzene rings is 1. The lowest BCUT2D eigenvalue weighted by molar-refractivity contribution is 0.569. The van der Waals surface area contributed by atoms with Crippen LogP contribution in [0.4, 0.5) is 11.5 Å². The standard InChI is InChI=1S/C17H23N3/c1-4-12-18-14(2)16-11-8-13-19-17(16)20(3)15-9-6-5-7-10-15/h5-11,13-14,18H,4,12H2,1-3H3. The molecule has 0 fully saturated rings. The molecule has 1 aromatic carbocycles. The van der Waals surface area contributed by atoms with Gasteiger partial charge in [-0.1, -0.05) is 31.2 Å². The van der Waals surface area contributed by atoms with Gasteiger partial charge < -0.3 is 10.2 Å². The Hall–Kier alpha value is -1.87. The molecule has 20 heavy (non-hydrogen) atoms. The van der Waals surface area contributed by atoms with Gasteiger partial charge in [0.1, 0.15) is 5.82 Å². The van der Waals surface area contributed by atoms with Crippen LogP contribution in [0.15, 0.2) is 48.7 Å². The van der Waals surface area contributed by atoms with E-state index >= 15 is 0 Å². The fourth-order valence-corrected chi connectivity index (χ4v) is 2.27. The van der Waals surface area contributed by atoms with Gasteiger partial charge in [-0.3, -0.25) is 0 Å². The number of pyridine rings is 1. The van der Waals surface area contributed by atoms with E-state index in [0.717, 1.165) is 24.5 Å². The number of aromatic nitrogens is 1. The molecule has 0 amide bonds. The monoisotopic (exact) mass is 269 g/mol. The Morgan fingerprint density at radius 1 is 1.15 bits per heavy atom. The minimum absolute atomic E-state index is 0.296. The number of nitrogens with zero attached hydrogens (tertiary/aromatic N) is 2. The maximum atomic E-state index is 4.57. The van der Waals surface area contributed by atoms with Gasteiger partial charge in [-0.2, -0.15) is 0 Å². The average Bonchev–Trinajstić information content (AvgIpc) is 2.52. The molecular formula is C17H23N3. The van der Waals surface area contributed by atoms with Crippen molar-refractivity contribution in [2.45, 2.75) is 26.3 Å². The lowest BCUT2D eigenvalue weighted by Crippen LogP contribution is -2.22. The van der Waals surface area contributed by atoms with Crippen LogP contribution in [0.1, 0.15) is 31.9 Å². The largest absolute Gasteiger partial charge is 0.329 e. The summed E-state index contributed by atoms with van der Waals surface area (Å²) in [4.78, 5) is 6.71. The molecule has 0 bridgehead atoms. The summed E-state index contributed by atoms with van der Waals surface area (Å²) in [7, 11) is 2.06. The Morgan fingerprint density at radius 2 is 1.90 bits per heavy atom. The van der Waals surface area contributed by atoms with Gasteiger partial charge in [0.25, 0.3) is 0 Å². The summed E-state index contributed by atoms with van der Waals surface area (Å²) in [5.41, 5.74) is 2.38. The molecule has 106 valence electrons. The number of rotatable bonds is 6. The smallest absolute Gasteiger partial charge is 0.137 e. The van der Waals surface area contributed by atoms with E-state index in [9.17, 15) is 0 Å². The quantitative estimate of drug-likeness (QED) is 0.861. The third-order valence-electron chi connectivity index (χ3n) is 3.45. The van der Waals surface area contributed by atoms with E-state index in [4.69, 9.17) is 0 Å². The van der Waals surface area contributed by atoms with Crippen molar-refractivity contribution >= 4 is 11.5 Å². The normalized spacial score (nSPS) is 12.2. The van der Waals surface area contributed by atoms with E-state index in [-0.39, 0.29) is 0 Å². The molecule has 3 nitrogen and oxygen atoms in total. The molecule has 1 atom stereocenters. The van der Waals surface area contributed by atoms with Crippen LogP contribution in [0.2, 0.25) is 0 Å². The first-order valence-electron chi connectivity index (χ1n) is 7.21. The highest BCUT2D eigenvalue weighted by molar-refractivity contribution is 5.62. The highest BCUT2D eigenvalue weighted by atomic mass is 15.2. The molecule has 0 spiro atoms. The highest BCUT2D eigenvalue weighted by Crippen LogP contribution is 2.28. The molecule has 0 aliphatic carbocycles. The minimum Gasteiger partial charge on any atom is -0.329 e. The van der Waals surface area contributed by atoms with Gasteiger partial charge in [-0.25, -0.2) is 4.98 Å². The van der Waals surface area contributed by atoms with Gasteiger partial charge >= 0.3 is 0 Å². The van der Waals surface area contributed by atoms with Crippen LogP contribution in [0, 0.1) is 0 Å². The topological polar surface area (TPSA) is 28.2 Å². The van der Waals surface area contributed by atoms with Crippen LogP contribution in [0.3, 0.4) is 0 Å². The van der Waals surface area contributed by atoms with Crippen molar-refractivity contribution in [3.8, 4) is 0 Å². The van der Waals surface area contributed by atoms with Crippen molar-refractivity contribution in [2.75, 3.05) is 18.5 Å². The molecule has 0 saturated carbocycles. The fraction of sp³-hybridized carbons (Fsp3) is 0.353. The third kappa shape index (κ3) is 3.36. The number of hydrogen-bond acceptors (Lipinski definition) is 3. The molecule has 2 rings (SSSR count). The Bertz CT molecular complexity index is 525. The van der Waals surface area contributed by atoms with Crippen LogP contribution in [-0.2, 0) is 0 Å². The summed E-state index contributed by atoms with van der Waals surface area (Å²) in [6.07, 6.45) is 2.99. The molecule has 0 aliphatic heterocycles. The minimum atomic E-state index is 0.296. The van der Waals surface area contributed by atoms with Gasteiger partial charge in [-0.15, -0.1) is 0 Å². The summed E-state index contributed by atoms with van der Waals surface area (Å²) in [6.45, 7) is 5.39. The van der Waals surface area contributed by atoms with Crippen LogP contribution in [0.25, 0.3) is 0 Å². The van der Waals surface area contributed by atoms with Gasteiger partial charge in [0.05, 0.1) is 0 Å². The van der Waals surface area contributed by atoms with Crippen LogP contribution in [0.5, 0.6) is 0 Å². The van der Waals surface area contributed by atoms with Crippen molar-refractivity contribution < 1.29 is 0 Å². The summed E-state index contributed by atoms with van der Waals surface area (Å²) in [6, 6.07) is 14.8. The number of nitrogens with one attached hydrogen (secondary N) is 1. The predicted molar refractivity (Wildman–Crippen MR) is 85.5 cm³/mol. The molecule has 1 aromatic heterocycles. The summed E-state index contributed by atoms with van der Waals surface area (Å²) in [5.74, 6) is 1.01. The van der Waals surface area contributed by atoms with Crippen molar-refractivity contribution in [1.29, 1.82) is 0 Å². The van der Waals surface area contributed by atoms with E-state index in [2.05, 4.69) is 54.3 Å². The van der Waals surface area contributed by atoms with Crippen molar-refractivity contribution in [2.24, 2.45) is 0 Å². The first-order valence-corrected chi connectivity index (χ1v) is 7.21. The Kier molecular flexibility index (Phi) is 5.13. The average molecular weight is 269 g/mol. The van der Waals surface area contributed by atoms with E-state index in [1.54, 1.807) is 0 Å². The van der Waals surface area contributed by atoms with E-state index in [1.807, 2.05) is 30.5 Å². The summed E-state index contributed by atoms with van der Waals surface area (Å²) >= 11 is 0. The van der Waals surface area contributed by atoms with Crippen LogP contribution >= 0.6 is 0 Å². The molecule has 0 aliphatic rings. The Balaban J connectivity index is 2.27. The Labute approximate surface area is 121 Å². The fourth-order valence-electron chi connectivity index (χ4n) is 2.27. The van der Waals surface area contributed by atoms with Gasteiger partial charge in [-0.05, 0) is 38.1 Å². The number of para-hydroxylation sites is 1. The lowest BCUT2D eigenvalue weighted by Gasteiger charge is -2.24. The van der Waals surface area contributed by atoms with E-state index < -0.39 is 0 Å². The molecule has 1 unspecified atom stereocenters. The molecule has 3 heteroatoms. The second-order valence-corrected chi connectivity index (χ2v) is 4.99. The predicted octanol–water partition coefficient (Wildman–Crippen LogP) is 3.91. The number of hydrogen-bond donors (Lipinski definition) is 1. The highest BCUT2D eigenvalue weighted by Gasteiger charge is 2.14. The maximum absolute atomic E-state index is 4.57. The molecule has 1 heterocycles. The second kappa shape index (κ2) is 7.06. The summed E-state index contributed by atoms with van der Waals surface area (Å²) in [5, 5.41) is 3.53. The molecule has 0 saturated heterocycles. The molecular weight excluding hydrogens is 246 g/mol. The SMILES string of the molecule is CCCNC(C)c1cccnc1N(C)c1ccccc1. The number of anilines is 2. The third-order valence-corrected chi connectivity index (χ3v) is 3.45. The lowest BCUT2D eigenvalue weighted by atomic mass is 10.1. The van der Waals surface area contributed by atoms with E-state index in [0.29, 0.717) is 6.04 Å². The second-order valence-electron chi connectivity index (χ2n) is 4.99. The zero-order chi connectivity index (χ0) is 14.4.